The van der Waals surface area contributed by atoms with Crippen LogP contribution in [-0.4, -0.2) is 74.9 Å². The number of likely N-dealkylation sites (N-methyl/N-ethyl adjacent to an activating group) is 1. The van der Waals surface area contributed by atoms with Gasteiger partial charge in [-0.25, -0.2) is 4.57 Å². The maximum absolute atomic E-state index is 12.6. The summed E-state index contributed by atoms with van der Waals surface area (Å²) in [5.41, 5.74) is 0. The van der Waals surface area contributed by atoms with Crippen molar-refractivity contribution < 1.29 is 42.1 Å². The van der Waals surface area contributed by atoms with E-state index < -0.39 is 26.5 Å². The lowest BCUT2D eigenvalue weighted by molar-refractivity contribution is -0.870. The number of carbonyl (C=O) groups excluding carboxylic acids is 2. The molecule has 0 saturated carbocycles. The topological polar surface area (TPSA) is 108 Å². The first-order valence-corrected chi connectivity index (χ1v) is 20.3. The molecule has 0 aliphatic heterocycles. The number of phosphoric acid groups is 1. The molecule has 0 saturated heterocycles. The fraction of sp³-hybridized carbons (Fsp3) is 0.944. The van der Waals surface area contributed by atoms with E-state index in [1.165, 1.54) is 103 Å². The first-order chi connectivity index (χ1) is 22.0. The third kappa shape index (κ3) is 32.9. The second kappa shape index (κ2) is 30.1. The number of hydrogen-bond acceptors (Lipinski definition) is 7. The molecule has 0 aromatic carbocycles. The highest BCUT2D eigenvalue weighted by molar-refractivity contribution is 7.47. The number of ether oxygens (including phenoxy) is 2. The highest BCUT2D eigenvalue weighted by Gasteiger charge is 2.27. The number of hydrogen-bond donors (Lipinski definition) is 1. The van der Waals surface area contributed by atoms with Gasteiger partial charge >= 0.3 is 19.8 Å². The van der Waals surface area contributed by atoms with Crippen LogP contribution < -0.4 is 0 Å². The second-order valence-corrected chi connectivity index (χ2v) is 15.4. The molecule has 0 spiro atoms. The van der Waals surface area contributed by atoms with Gasteiger partial charge in [0, 0.05) is 12.8 Å². The van der Waals surface area contributed by atoms with Gasteiger partial charge in [-0.05, 0) is 12.8 Å². The first kappa shape index (κ1) is 45.0. The van der Waals surface area contributed by atoms with Crippen LogP contribution in [0.15, 0.2) is 0 Å². The normalized spacial score (nSPS) is 13.8. The van der Waals surface area contributed by atoms with Gasteiger partial charge in [0.05, 0.1) is 27.7 Å². The average Bonchev–Trinajstić information content (AvgIpc) is 2.99. The summed E-state index contributed by atoms with van der Waals surface area (Å²) >= 11 is 0. The zero-order chi connectivity index (χ0) is 34.4. The summed E-state index contributed by atoms with van der Waals surface area (Å²) in [6, 6.07) is 0. The summed E-state index contributed by atoms with van der Waals surface area (Å²) in [5.74, 6) is -0.794. The Morgan fingerprint density at radius 3 is 1.39 bits per heavy atom. The standard InChI is InChI=1S/C36H72NO8P/c1-6-8-10-12-14-16-17-18-19-21-23-25-27-29-36(39)45-34(33-44-46(40,41)43-31-30-37(3,4)5)32-42-35(38)28-26-24-22-20-15-13-11-9-7-2/h34H,6-33H2,1-5H3/p+1/t34-/m1/s1. The Bertz CT molecular complexity index is 774. The number of esters is 2. The molecule has 1 unspecified atom stereocenters. The molecule has 0 fully saturated rings. The van der Waals surface area contributed by atoms with Gasteiger partial charge in [0.25, 0.3) is 0 Å². The average molecular weight is 679 g/mol. The van der Waals surface area contributed by atoms with E-state index in [1.807, 2.05) is 21.1 Å². The fourth-order valence-electron chi connectivity index (χ4n) is 5.13. The summed E-state index contributed by atoms with van der Waals surface area (Å²) in [6.45, 7) is 4.40. The molecule has 9 nitrogen and oxygen atoms in total. The van der Waals surface area contributed by atoms with Gasteiger partial charge in [0.2, 0.25) is 0 Å². The molecule has 0 aromatic heterocycles. The van der Waals surface area contributed by atoms with E-state index in [4.69, 9.17) is 18.5 Å². The Kier molecular flexibility index (Phi) is 29.4. The van der Waals surface area contributed by atoms with Crippen molar-refractivity contribution in [2.45, 2.75) is 174 Å². The Labute approximate surface area is 283 Å². The van der Waals surface area contributed by atoms with Crippen molar-refractivity contribution in [3.63, 3.8) is 0 Å². The Morgan fingerprint density at radius 2 is 0.978 bits per heavy atom. The van der Waals surface area contributed by atoms with Crippen LogP contribution in [0.25, 0.3) is 0 Å². The Morgan fingerprint density at radius 1 is 0.587 bits per heavy atom. The van der Waals surface area contributed by atoms with Crippen LogP contribution >= 0.6 is 7.82 Å². The maximum Gasteiger partial charge on any atom is 0.472 e. The minimum atomic E-state index is -4.35. The summed E-state index contributed by atoms with van der Waals surface area (Å²) in [4.78, 5) is 35.0. The summed E-state index contributed by atoms with van der Waals surface area (Å²) in [7, 11) is 1.49. The smallest absolute Gasteiger partial charge is 0.462 e. The highest BCUT2D eigenvalue weighted by Crippen LogP contribution is 2.43. The lowest BCUT2D eigenvalue weighted by Gasteiger charge is -2.24. The van der Waals surface area contributed by atoms with Gasteiger partial charge in [-0.1, -0.05) is 142 Å². The molecule has 0 radical (unpaired) electrons. The monoisotopic (exact) mass is 679 g/mol. The van der Waals surface area contributed by atoms with Crippen LogP contribution in [-0.2, 0) is 32.7 Å². The zero-order valence-corrected chi connectivity index (χ0v) is 31.5. The van der Waals surface area contributed by atoms with Gasteiger partial charge in [-0.15, -0.1) is 0 Å². The van der Waals surface area contributed by atoms with E-state index >= 15 is 0 Å². The quantitative estimate of drug-likeness (QED) is 0.0310. The molecule has 10 heteroatoms. The summed E-state index contributed by atoms with van der Waals surface area (Å²) < 4.78 is 34.1. The van der Waals surface area contributed by atoms with Crippen LogP contribution in [0.1, 0.15) is 168 Å². The molecule has 0 amide bonds. The van der Waals surface area contributed by atoms with E-state index in [0.717, 1.165) is 38.5 Å². The van der Waals surface area contributed by atoms with Crippen LogP contribution in [0.5, 0.6) is 0 Å². The van der Waals surface area contributed by atoms with Crippen molar-refractivity contribution in [2.75, 3.05) is 47.5 Å². The molecular formula is C36H73NO8P+. The van der Waals surface area contributed by atoms with E-state index in [-0.39, 0.29) is 25.6 Å². The van der Waals surface area contributed by atoms with E-state index in [2.05, 4.69) is 13.8 Å². The summed E-state index contributed by atoms with van der Waals surface area (Å²) in [6.07, 6.45) is 25.8. The zero-order valence-electron chi connectivity index (χ0n) is 30.6. The fourth-order valence-corrected chi connectivity index (χ4v) is 5.87. The molecule has 2 atom stereocenters. The van der Waals surface area contributed by atoms with Crippen molar-refractivity contribution >= 4 is 19.8 Å². The van der Waals surface area contributed by atoms with Gasteiger partial charge in [-0.3, -0.25) is 18.6 Å². The Hall–Kier alpha value is -0.990. The first-order valence-electron chi connectivity index (χ1n) is 18.8. The largest absolute Gasteiger partial charge is 0.472 e. The highest BCUT2D eigenvalue weighted by atomic mass is 31.2. The van der Waals surface area contributed by atoms with Gasteiger partial charge < -0.3 is 18.9 Å². The minimum Gasteiger partial charge on any atom is -0.462 e. The molecule has 46 heavy (non-hydrogen) atoms. The van der Waals surface area contributed by atoms with E-state index in [9.17, 15) is 19.0 Å². The van der Waals surface area contributed by atoms with E-state index in [0.29, 0.717) is 17.4 Å². The SMILES string of the molecule is CCCCCCCCCCCCCCCC(=O)O[C@H](COC(=O)CCCCCCCCCCC)COP(=O)(O)OCC[N+](C)(C)C. The van der Waals surface area contributed by atoms with E-state index in [1.54, 1.807) is 0 Å². The number of nitrogens with zero attached hydrogens (tertiary/aromatic N) is 1. The van der Waals surface area contributed by atoms with Crippen molar-refractivity contribution in [3.05, 3.63) is 0 Å². The molecule has 1 N–H and O–H groups in total. The maximum atomic E-state index is 12.6. The molecule has 0 heterocycles. The molecule has 0 rings (SSSR count). The van der Waals surface area contributed by atoms with Crippen LogP contribution in [0.4, 0.5) is 0 Å². The van der Waals surface area contributed by atoms with Gasteiger partial charge in [0.15, 0.2) is 6.10 Å². The van der Waals surface area contributed by atoms with Gasteiger partial charge in [-0.2, -0.15) is 0 Å². The molecule has 274 valence electrons. The number of quaternary nitrogens is 1. The van der Waals surface area contributed by atoms with Crippen molar-refractivity contribution in [1.82, 2.24) is 0 Å². The predicted octanol–water partition coefficient (Wildman–Crippen LogP) is 9.68. The summed E-state index contributed by atoms with van der Waals surface area (Å²) in [5, 5.41) is 0. The third-order valence-electron chi connectivity index (χ3n) is 8.14. The second-order valence-electron chi connectivity index (χ2n) is 14.0. The number of unbranched alkanes of at least 4 members (excludes halogenated alkanes) is 20. The minimum absolute atomic E-state index is 0.0362. The lowest BCUT2D eigenvalue weighted by Crippen LogP contribution is -2.37. The van der Waals surface area contributed by atoms with Crippen molar-refractivity contribution in [1.29, 1.82) is 0 Å². The molecular weight excluding hydrogens is 605 g/mol. The van der Waals surface area contributed by atoms with Crippen LogP contribution in [0, 0.1) is 0 Å². The molecule has 0 aromatic rings. The lowest BCUT2D eigenvalue weighted by atomic mass is 10.0. The van der Waals surface area contributed by atoms with Crippen LogP contribution in [0.3, 0.4) is 0 Å². The van der Waals surface area contributed by atoms with Crippen molar-refractivity contribution in [2.24, 2.45) is 0 Å². The Balaban J connectivity index is 4.42. The number of rotatable bonds is 34. The molecule has 0 aliphatic carbocycles. The third-order valence-corrected chi connectivity index (χ3v) is 9.12. The van der Waals surface area contributed by atoms with Gasteiger partial charge in [0.1, 0.15) is 19.8 Å². The molecule has 0 aliphatic rings. The van der Waals surface area contributed by atoms with Crippen molar-refractivity contribution in [3.8, 4) is 0 Å². The number of carbonyl (C=O) groups is 2. The van der Waals surface area contributed by atoms with Crippen LogP contribution in [0.2, 0.25) is 0 Å². The predicted molar refractivity (Wildman–Crippen MR) is 188 cm³/mol. The molecule has 0 bridgehead atoms. The number of phosphoric ester groups is 1.